The van der Waals surface area contributed by atoms with Gasteiger partial charge in [0.2, 0.25) is 0 Å². The number of hydrogen-bond donors (Lipinski definition) is 0. The molecule has 1 saturated heterocycles. The van der Waals surface area contributed by atoms with E-state index in [-0.39, 0.29) is 5.91 Å². The summed E-state index contributed by atoms with van der Waals surface area (Å²) < 4.78 is 1.15. The van der Waals surface area contributed by atoms with Crippen molar-refractivity contribution < 1.29 is 9.59 Å². The van der Waals surface area contributed by atoms with E-state index in [9.17, 15) is 9.59 Å². The van der Waals surface area contributed by atoms with E-state index in [0.29, 0.717) is 24.9 Å². The van der Waals surface area contributed by atoms with Gasteiger partial charge in [-0.1, -0.05) is 0 Å². The number of nitrogens with zero attached hydrogens (tertiary/aromatic N) is 2. The van der Waals surface area contributed by atoms with Crippen LogP contribution in [0.4, 0.5) is 0 Å². The van der Waals surface area contributed by atoms with Gasteiger partial charge in [-0.05, 0) is 0 Å². The minimum absolute atomic E-state index is 0.113. The normalized spacial score (nSPS) is 17.1. The number of amides is 1. The fourth-order valence-corrected chi connectivity index (χ4v) is 9.80. The molecular weight excluding hydrogens is 618 g/mol. The fraction of sp³-hybridized carbons (Fsp3) is 0.481. The fourth-order valence-electron chi connectivity index (χ4n) is 4.59. The van der Waals surface area contributed by atoms with E-state index in [0.717, 1.165) is 54.5 Å². The Bertz CT molecular complexity index is 1040. The average molecular weight is 652 g/mol. The number of rotatable bonds is 9. The van der Waals surface area contributed by atoms with Gasteiger partial charge in [-0.2, -0.15) is 0 Å². The standard InChI is InChI=1S/C27H34Cl3IN2O2/c1-19(34)32(4)23-11-14-33(15-12-23)16-13-27(2,21-7-10-24(29)25(30)17-21)26(35)31(3)18-20-5-8-22(28)9-6-20/h5-10,17,23H,11-16,18H2,1-4H3. The Morgan fingerprint density at radius 2 is 1.69 bits per heavy atom. The van der Waals surface area contributed by atoms with Crippen molar-refractivity contribution in [1.29, 1.82) is 0 Å². The molecule has 0 aromatic heterocycles. The molecule has 1 fully saturated rings. The van der Waals surface area contributed by atoms with Gasteiger partial charge in [0.25, 0.3) is 0 Å². The van der Waals surface area contributed by atoms with E-state index in [4.69, 9.17) is 34.8 Å². The molecule has 0 saturated carbocycles. The SMILES string of the molecule is CC(=O)N(C)C1CCN(CCC(C)(C(=O)I(C)Cc2ccc(Cl)cc2)c2ccc(Cl)c(Cl)c2)CC1. The van der Waals surface area contributed by atoms with E-state index in [2.05, 4.69) is 16.8 Å². The van der Waals surface area contributed by atoms with Crippen molar-refractivity contribution in [3.8, 4) is 0 Å². The van der Waals surface area contributed by atoms with Gasteiger partial charge in [0.05, 0.1) is 0 Å². The van der Waals surface area contributed by atoms with Crippen molar-refractivity contribution in [3.63, 3.8) is 0 Å². The van der Waals surface area contributed by atoms with Crippen LogP contribution >= 0.6 is 54.6 Å². The molecule has 8 heteroatoms. The molecule has 2 aromatic rings. The van der Waals surface area contributed by atoms with Gasteiger partial charge in [0.1, 0.15) is 0 Å². The van der Waals surface area contributed by atoms with Crippen LogP contribution in [-0.2, 0) is 19.4 Å². The zero-order valence-corrected chi connectivity index (χ0v) is 25.2. The second-order valence-corrected chi connectivity index (χ2v) is 15.9. The quantitative estimate of drug-likeness (QED) is 0.165. The third kappa shape index (κ3) is 7.35. The summed E-state index contributed by atoms with van der Waals surface area (Å²) in [6.45, 7) is 6.36. The van der Waals surface area contributed by atoms with Crippen LogP contribution in [0.3, 0.4) is 0 Å². The molecule has 0 aliphatic carbocycles. The first-order chi connectivity index (χ1) is 16.5. The monoisotopic (exact) mass is 650 g/mol. The van der Waals surface area contributed by atoms with Gasteiger partial charge in [-0.3, -0.25) is 0 Å². The minimum atomic E-state index is -2.00. The van der Waals surface area contributed by atoms with Crippen LogP contribution in [-0.4, -0.2) is 57.2 Å². The molecule has 1 atom stereocenters. The number of piperidine rings is 1. The molecule has 3 rings (SSSR count). The summed E-state index contributed by atoms with van der Waals surface area (Å²) in [7, 11) is 1.88. The van der Waals surface area contributed by atoms with Crippen LogP contribution in [0, 0.1) is 0 Å². The zero-order valence-electron chi connectivity index (χ0n) is 20.8. The number of halogens is 4. The number of alkyl halides is 2. The molecule has 1 amide bonds. The molecule has 1 heterocycles. The summed E-state index contributed by atoms with van der Waals surface area (Å²) >= 11 is 16.6. The van der Waals surface area contributed by atoms with Gasteiger partial charge in [0.15, 0.2) is 0 Å². The first-order valence-corrected chi connectivity index (χ1v) is 17.7. The van der Waals surface area contributed by atoms with Gasteiger partial charge < -0.3 is 0 Å². The summed E-state index contributed by atoms with van der Waals surface area (Å²) in [6, 6.07) is 13.7. The second-order valence-electron chi connectivity index (χ2n) is 9.54. The van der Waals surface area contributed by atoms with E-state index in [1.54, 1.807) is 13.0 Å². The maximum absolute atomic E-state index is 14.0. The van der Waals surface area contributed by atoms with E-state index < -0.39 is 25.2 Å². The van der Waals surface area contributed by atoms with Crippen molar-refractivity contribution in [2.75, 3.05) is 31.6 Å². The Morgan fingerprint density at radius 1 is 1.06 bits per heavy atom. The Balaban J connectivity index is 1.76. The summed E-state index contributed by atoms with van der Waals surface area (Å²) in [5, 5.41) is 1.68. The van der Waals surface area contributed by atoms with Crippen molar-refractivity contribution in [2.45, 2.75) is 49.0 Å². The molecule has 35 heavy (non-hydrogen) atoms. The molecule has 1 unspecified atom stereocenters. The number of hydrogen-bond acceptors (Lipinski definition) is 3. The molecule has 0 spiro atoms. The molecule has 1 aliphatic heterocycles. The third-order valence-corrected chi connectivity index (χ3v) is 13.0. The predicted octanol–water partition coefficient (Wildman–Crippen LogP) is 7.10. The second kappa shape index (κ2) is 12.6. The Morgan fingerprint density at radius 3 is 2.26 bits per heavy atom. The number of benzene rings is 2. The van der Waals surface area contributed by atoms with Crippen LogP contribution in [0.15, 0.2) is 42.5 Å². The van der Waals surface area contributed by atoms with Crippen LogP contribution in [0.25, 0.3) is 0 Å². The molecule has 192 valence electrons. The Kier molecular flexibility index (Phi) is 10.3. The third-order valence-electron chi connectivity index (χ3n) is 7.08. The topological polar surface area (TPSA) is 40.6 Å². The molecule has 0 bridgehead atoms. The van der Waals surface area contributed by atoms with Crippen LogP contribution in [0.1, 0.15) is 44.2 Å². The van der Waals surface area contributed by atoms with Crippen molar-refractivity contribution in [1.82, 2.24) is 9.80 Å². The molecule has 2 aromatic carbocycles. The van der Waals surface area contributed by atoms with Gasteiger partial charge in [-0.15, -0.1) is 0 Å². The van der Waals surface area contributed by atoms with Gasteiger partial charge in [-0.25, -0.2) is 0 Å². The Hall–Kier alpha value is -0.860. The van der Waals surface area contributed by atoms with Crippen molar-refractivity contribution in [2.24, 2.45) is 0 Å². The van der Waals surface area contributed by atoms with E-state index in [1.165, 1.54) is 0 Å². The molecule has 4 nitrogen and oxygen atoms in total. The van der Waals surface area contributed by atoms with Gasteiger partial charge >= 0.3 is 233 Å². The van der Waals surface area contributed by atoms with E-state index >= 15 is 0 Å². The molecule has 0 radical (unpaired) electrons. The average Bonchev–Trinajstić information content (AvgIpc) is 2.84. The first kappa shape index (κ1) is 28.7. The van der Waals surface area contributed by atoms with Gasteiger partial charge in [0, 0.05) is 0 Å². The maximum atomic E-state index is 14.0. The van der Waals surface area contributed by atoms with Crippen LogP contribution < -0.4 is 0 Å². The first-order valence-electron chi connectivity index (χ1n) is 11.8. The predicted molar refractivity (Wildman–Crippen MR) is 156 cm³/mol. The number of likely N-dealkylation sites (tertiary alicyclic amines) is 1. The number of carbonyl (C=O) groups is 2. The zero-order chi connectivity index (χ0) is 25.8. The summed E-state index contributed by atoms with van der Waals surface area (Å²) in [5.41, 5.74) is 1.46. The van der Waals surface area contributed by atoms with Crippen molar-refractivity contribution in [3.05, 3.63) is 68.7 Å². The molecule has 1 aliphatic rings. The summed E-state index contributed by atoms with van der Waals surface area (Å²) in [6.07, 6.45) is 2.63. The number of carbonyl (C=O) groups excluding carboxylic acids is 2. The molecular formula is C27H34Cl3IN2O2. The molecule has 0 N–H and O–H groups in total. The van der Waals surface area contributed by atoms with Crippen LogP contribution in [0.2, 0.25) is 15.1 Å². The Labute approximate surface area is 231 Å². The van der Waals surface area contributed by atoms with E-state index in [1.807, 2.05) is 48.3 Å². The van der Waals surface area contributed by atoms with Crippen LogP contribution in [0.5, 0.6) is 0 Å². The summed E-state index contributed by atoms with van der Waals surface area (Å²) in [4.78, 5) is 32.2. The van der Waals surface area contributed by atoms with Crippen molar-refractivity contribution >= 4 is 64.3 Å². The summed E-state index contributed by atoms with van der Waals surface area (Å²) in [5.74, 6) is 0.113.